The van der Waals surface area contributed by atoms with Gasteiger partial charge >= 0.3 is 0 Å². The zero-order chi connectivity index (χ0) is 17.6. The van der Waals surface area contributed by atoms with Gasteiger partial charge in [-0.05, 0) is 30.7 Å². The highest BCUT2D eigenvalue weighted by Crippen LogP contribution is 2.15. The Bertz CT molecular complexity index is 750. The number of ether oxygens (including phenoxy) is 1. The van der Waals surface area contributed by atoms with E-state index >= 15 is 0 Å². The Morgan fingerprint density at radius 2 is 2.08 bits per heavy atom. The van der Waals surface area contributed by atoms with E-state index in [4.69, 9.17) is 4.74 Å². The summed E-state index contributed by atoms with van der Waals surface area (Å²) in [7, 11) is 0. The smallest absolute Gasteiger partial charge is 0.276 e. The second-order valence-corrected chi connectivity index (χ2v) is 5.97. The molecule has 1 aromatic heterocycles. The van der Waals surface area contributed by atoms with Gasteiger partial charge in [0.15, 0.2) is 5.69 Å². The number of aryl methyl sites for hydroxylation is 1. The van der Waals surface area contributed by atoms with E-state index in [-0.39, 0.29) is 11.8 Å². The molecule has 2 heterocycles. The van der Waals surface area contributed by atoms with E-state index in [0.29, 0.717) is 43.2 Å². The normalized spacial score (nSPS) is 14.4. The number of nitrogens with zero attached hydrogens (tertiary/aromatic N) is 2. The van der Waals surface area contributed by atoms with Crippen molar-refractivity contribution in [1.29, 1.82) is 0 Å². The number of aromatic nitrogens is 2. The Hall–Kier alpha value is -2.67. The lowest BCUT2D eigenvalue weighted by Gasteiger charge is -2.27. The molecule has 2 aromatic rings. The number of hydrogen-bond acceptors (Lipinski definition) is 4. The number of benzene rings is 1. The minimum atomic E-state index is -0.297. The summed E-state index contributed by atoms with van der Waals surface area (Å²) in [5, 5.41) is 9.69. The summed E-state index contributed by atoms with van der Waals surface area (Å²) in [5.74, 6) is -0.348. The van der Waals surface area contributed by atoms with Crippen LogP contribution < -0.4 is 5.32 Å². The molecule has 1 fully saturated rings. The highest BCUT2D eigenvalue weighted by Gasteiger charge is 2.19. The van der Waals surface area contributed by atoms with E-state index in [1.54, 1.807) is 35.2 Å². The molecule has 0 atom stereocenters. The molecule has 1 aliphatic heterocycles. The summed E-state index contributed by atoms with van der Waals surface area (Å²) in [6, 6.07) is 8.71. The maximum atomic E-state index is 12.5. The molecule has 25 heavy (non-hydrogen) atoms. The van der Waals surface area contributed by atoms with Crippen molar-refractivity contribution in [2.75, 3.05) is 31.6 Å². The number of nitrogens with one attached hydrogen (secondary N) is 2. The van der Waals surface area contributed by atoms with Gasteiger partial charge in [-0.3, -0.25) is 14.7 Å². The molecule has 3 rings (SSSR count). The van der Waals surface area contributed by atoms with Crippen molar-refractivity contribution in [2.24, 2.45) is 0 Å². The number of morpholine rings is 1. The second kappa shape index (κ2) is 7.94. The number of H-pyrrole nitrogens is 1. The fraction of sp³-hybridized carbons (Fsp3) is 0.389. The van der Waals surface area contributed by atoms with Gasteiger partial charge in [-0.25, -0.2) is 0 Å². The van der Waals surface area contributed by atoms with Gasteiger partial charge in [-0.1, -0.05) is 19.4 Å². The second-order valence-electron chi connectivity index (χ2n) is 5.97. The zero-order valence-electron chi connectivity index (χ0n) is 14.2. The van der Waals surface area contributed by atoms with Crippen LogP contribution in [0.1, 0.15) is 39.9 Å². The van der Waals surface area contributed by atoms with Crippen molar-refractivity contribution in [3.05, 3.63) is 47.3 Å². The molecule has 132 valence electrons. The van der Waals surface area contributed by atoms with Crippen LogP contribution in [0.5, 0.6) is 0 Å². The minimum Gasteiger partial charge on any atom is -0.378 e. The van der Waals surface area contributed by atoms with Crippen LogP contribution in [0.4, 0.5) is 5.69 Å². The standard InChI is InChI=1S/C18H22N4O3/c1-2-4-15-12-16(21-20-15)17(23)19-14-6-3-5-13(11-14)18(24)22-7-9-25-10-8-22/h3,5-6,11-12H,2,4,7-10H2,1H3,(H,19,23)(H,20,21). The number of anilines is 1. The summed E-state index contributed by atoms with van der Waals surface area (Å²) in [5.41, 5.74) is 2.40. The average Bonchev–Trinajstić information content (AvgIpc) is 3.11. The first-order valence-corrected chi connectivity index (χ1v) is 8.50. The molecule has 1 aromatic carbocycles. The molecule has 1 saturated heterocycles. The van der Waals surface area contributed by atoms with Gasteiger partial charge in [0.1, 0.15) is 0 Å². The van der Waals surface area contributed by atoms with Gasteiger partial charge in [-0.2, -0.15) is 5.10 Å². The zero-order valence-corrected chi connectivity index (χ0v) is 14.2. The summed E-state index contributed by atoms with van der Waals surface area (Å²) < 4.78 is 5.27. The Kier molecular flexibility index (Phi) is 5.45. The van der Waals surface area contributed by atoms with Crippen LogP contribution in [0, 0.1) is 0 Å². The molecular weight excluding hydrogens is 320 g/mol. The summed E-state index contributed by atoms with van der Waals surface area (Å²) in [6.07, 6.45) is 1.83. The predicted octanol–water partition coefficient (Wildman–Crippen LogP) is 2.09. The fourth-order valence-electron chi connectivity index (χ4n) is 2.75. The van der Waals surface area contributed by atoms with Crippen LogP contribution in [0.2, 0.25) is 0 Å². The summed E-state index contributed by atoms with van der Waals surface area (Å²) in [6.45, 7) is 4.35. The predicted molar refractivity (Wildman–Crippen MR) is 93.7 cm³/mol. The van der Waals surface area contributed by atoms with Crippen LogP contribution in [-0.4, -0.2) is 53.2 Å². The Balaban J connectivity index is 1.68. The minimum absolute atomic E-state index is 0.0515. The SMILES string of the molecule is CCCc1cc(C(=O)Nc2cccc(C(=O)N3CCOCC3)c2)n[nH]1. The first kappa shape index (κ1) is 17.2. The van der Waals surface area contributed by atoms with Crippen molar-refractivity contribution in [3.63, 3.8) is 0 Å². The highest BCUT2D eigenvalue weighted by atomic mass is 16.5. The molecule has 7 nitrogen and oxygen atoms in total. The molecule has 0 saturated carbocycles. The molecular formula is C18H22N4O3. The summed E-state index contributed by atoms with van der Waals surface area (Å²) in [4.78, 5) is 26.6. The maximum Gasteiger partial charge on any atom is 0.276 e. The van der Waals surface area contributed by atoms with Crippen LogP contribution >= 0.6 is 0 Å². The molecule has 0 bridgehead atoms. The van der Waals surface area contributed by atoms with Gasteiger partial charge in [-0.15, -0.1) is 0 Å². The third kappa shape index (κ3) is 4.24. The lowest BCUT2D eigenvalue weighted by Crippen LogP contribution is -2.40. The lowest BCUT2D eigenvalue weighted by molar-refractivity contribution is 0.0303. The molecule has 0 spiro atoms. The quantitative estimate of drug-likeness (QED) is 0.871. The number of rotatable bonds is 5. The first-order valence-electron chi connectivity index (χ1n) is 8.50. The molecule has 0 unspecified atom stereocenters. The highest BCUT2D eigenvalue weighted by molar-refractivity contribution is 6.04. The van der Waals surface area contributed by atoms with E-state index in [2.05, 4.69) is 22.4 Å². The van der Waals surface area contributed by atoms with Gasteiger partial charge in [0.2, 0.25) is 0 Å². The number of carbonyl (C=O) groups excluding carboxylic acids is 2. The first-order chi connectivity index (χ1) is 12.2. The van der Waals surface area contributed by atoms with Crippen molar-refractivity contribution in [2.45, 2.75) is 19.8 Å². The van der Waals surface area contributed by atoms with E-state index in [9.17, 15) is 9.59 Å². The van der Waals surface area contributed by atoms with Crippen molar-refractivity contribution in [1.82, 2.24) is 15.1 Å². The Labute approximate surface area is 146 Å². The van der Waals surface area contributed by atoms with E-state index in [0.717, 1.165) is 18.5 Å². The number of carbonyl (C=O) groups is 2. The van der Waals surface area contributed by atoms with E-state index < -0.39 is 0 Å². The maximum absolute atomic E-state index is 12.5. The largest absolute Gasteiger partial charge is 0.378 e. The molecule has 0 aliphatic carbocycles. The van der Waals surface area contributed by atoms with E-state index in [1.807, 2.05) is 0 Å². The molecule has 2 N–H and O–H groups in total. The fourth-order valence-corrected chi connectivity index (χ4v) is 2.75. The third-order valence-electron chi connectivity index (χ3n) is 4.05. The number of aromatic amines is 1. The summed E-state index contributed by atoms with van der Waals surface area (Å²) >= 11 is 0. The van der Waals surface area contributed by atoms with Gasteiger partial charge < -0.3 is 15.0 Å². The lowest BCUT2D eigenvalue weighted by atomic mass is 10.1. The van der Waals surface area contributed by atoms with Crippen molar-refractivity contribution in [3.8, 4) is 0 Å². The number of hydrogen-bond donors (Lipinski definition) is 2. The van der Waals surface area contributed by atoms with Crippen molar-refractivity contribution < 1.29 is 14.3 Å². The van der Waals surface area contributed by atoms with Gasteiger partial charge in [0, 0.05) is 30.0 Å². The Morgan fingerprint density at radius 1 is 1.28 bits per heavy atom. The van der Waals surface area contributed by atoms with Crippen LogP contribution in [0.3, 0.4) is 0 Å². The molecule has 0 radical (unpaired) electrons. The van der Waals surface area contributed by atoms with Crippen LogP contribution in [-0.2, 0) is 11.2 Å². The molecule has 7 heteroatoms. The molecule has 1 aliphatic rings. The van der Waals surface area contributed by atoms with Crippen LogP contribution in [0.15, 0.2) is 30.3 Å². The van der Waals surface area contributed by atoms with Gasteiger partial charge in [0.05, 0.1) is 13.2 Å². The van der Waals surface area contributed by atoms with E-state index in [1.165, 1.54) is 0 Å². The van der Waals surface area contributed by atoms with Crippen molar-refractivity contribution >= 4 is 17.5 Å². The monoisotopic (exact) mass is 342 g/mol. The van der Waals surface area contributed by atoms with Gasteiger partial charge in [0.25, 0.3) is 11.8 Å². The Morgan fingerprint density at radius 3 is 2.84 bits per heavy atom. The average molecular weight is 342 g/mol. The van der Waals surface area contributed by atoms with Crippen LogP contribution in [0.25, 0.3) is 0 Å². The molecule has 2 amide bonds. The topological polar surface area (TPSA) is 87.3 Å². The number of amides is 2. The third-order valence-corrected chi connectivity index (χ3v) is 4.05.